The van der Waals surface area contributed by atoms with E-state index in [1.54, 1.807) is 16.7 Å². The van der Waals surface area contributed by atoms with Crippen molar-refractivity contribution in [2.75, 3.05) is 28.5 Å². The molecule has 3 rings (SSSR count). The molecule has 1 N–H and O–H groups in total. The Morgan fingerprint density at radius 3 is 2.58 bits per heavy atom. The summed E-state index contributed by atoms with van der Waals surface area (Å²) in [5.41, 5.74) is 1.56. The van der Waals surface area contributed by atoms with Crippen LogP contribution in [0.25, 0.3) is 0 Å². The molecular formula is C15H19ClN4O2S2. The highest BCUT2D eigenvalue weighted by molar-refractivity contribution is 7.99. The Labute approximate surface area is 151 Å². The lowest BCUT2D eigenvalue weighted by atomic mass is 10.2. The third-order valence-corrected chi connectivity index (χ3v) is 6.65. The standard InChI is InChI=1S/C15H19ClN4O2S2/c1-3-19(4-2)12-7-5-11(6-8-12)18-24(21,22)14-13(16)17-15-20(14)9-10-23-15/h5-8,18H,3-4,9-10H2,1-2H3. The molecular weight excluding hydrogens is 368 g/mol. The molecule has 1 aliphatic rings. The fourth-order valence-corrected chi connectivity index (χ4v) is 5.54. The predicted molar refractivity (Wildman–Crippen MR) is 98.8 cm³/mol. The van der Waals surface area contributed by atoms with Crippen LogP contribution in [-0.2, 0) is 16.6 Å². The maximum absolute atomic E-state index is 12.7. The second-order valence-corrected chi connectivity index (χ2v) is 8.33. The number of sulfonamides is 1. The number of nitrogens with zero attached hydrogens (tertiary/aromatic N) is 3. The van der Waals surface area contributed by atoms with Crippen LogP contribution in [0.5, 0.6) is 0 Å². The van der Waals surface area contributed by atoms with Crippen LogP contribution in [0.15, 0.2) is 34.4 Å². The molecule has 2 heterocycles. The van der Waals surface area contributed by atoms with Gasteiger partial charge in [-0.3, -0.25) is 4.72 Å². The zero-order valence-corrected chi connectivity index (χ0v) is 15.9. The molecule has 0 saturated carbocycles. The minimum Gasteiger partial charge on any atom is -0.372 e. The highest BCUT2D eigenvalue weighted by atomic mass is 35.5. The van der Waals surface area contributed by atoms with Gasteiger partial charge in [0.05, 0.1) is 0 Å². The summed E-state index contributed by atoms with van der Waals surface area (Å²) >= 11 is 7.55. The molecule has 1 aliphatic heterocycles. The monoisotopic (exact) mass is 386 g/mol. The van der Waals surface area contributed by atoms with Gasteiger partial charge in [0.25, 0.3) is 10.0 Å². The second kappa shape index (κ2) is 6.85. The first-order valence-corrected chi connectivity index (χ1v) is 10.6. The van der Waals surface area contributed by atoms with E-state index >= 15 is 0 Å². The Hall–Kier alpha value is -1.38. The molecule has 0 bridgehead atoms. The molecule has 9 heteroatoms. The highest BCUT2D eigenvalue weighted by Crippen LogP contribution is 2.34. The molecule has 0 aliphatic carbocycles. The summed E-state index contributed by atoms with van der Waals surface area (Å²) in [4.78, 5) is 6.31. The second-order valence-electron chi connectivity index (χ2n) is 5.32. The first kappa shape index (κ1) is 17.4. The van der Waals surface area contributed by atoms with Crippen LogP contribution in [0.3, 0.4) is 0 Å². The van der Waals surface area contributed by atoms with Gasteiger partial charge in [-0.15, -0.1) is 0 Å². The van der Waals surface area contributed by atoms with Crippen LogP contribution in [-0.4, -0.2) is 36.8 Å². The van der Waals surface area contributed by atoms with Crippen LogP contribution >= 0.6 is 23.4 Å². The van der Waals surface area contributed by atoms with E-state index in [0.29, 0.717) is 17.4 Å². The third-order valence-electron chi connectivity index (χ3n) is 3.90. The maximum Gasteiger partial charge on any atom is 0.280 e. The normalized spacial score (nSPS) is 13.8. The average molecular weight is 387 g/mol. The predicted octanol–water partition coefficient (Wildman–Crippen LogP) is 3.29. The van der Waals surface area contributed by atoms with Crippen LogP contribution < -0.4 is 9.62 Å². The number of nitrogens with one attached hydrogen (secondary N) is 1. The summed E-state index contributed by atoms with van der Waals surface area (Å²) < 4.78 is 29.6. The molecule has 6 nitrogen and oxygen atoms in total. The summed E-state index contributed by atoms with van der Waals surface area (Å²) in [7, 11) is -3.78. The van der Waals surface area contributed by atoms with Crippen LogP contribution in [0.4, 0.5) is 11.4 Å². The van der Waals surface area contributed by atoms with Gasteiger partial charge in [-0.2, -0.15) is 8.42 Å². The van der Waals surface area contributed by atoms with Crippen LogP contribution in [0, 0.1) is 0 Å². The minimum atomic E-state index is -3.78. The fourth-order valence-electron chi connectivity index (χ4n) is 2.71. The zero-order valence-electron chi connectivity index (χ0n) is 13.5. The van der Waals surface area contributed by atoms with Gasteiger partial charge in [0, 0.05) is 36.8 Å². The maximum atomic E-state index is 12.7. The minimum absolute atomic E-state index is 0.0180. The molecule has 0 spiro atoms. The van der Waals surface area contributed by atoms with Gasteiger partial charge in [-0.25, -0.2) is 4.98 Å². The molecule has 2 aromatic rings. The van der Waals surface area contributed by atoms with Gasteiger partial charge in [0.1, 0.15) is 0 Å². The molecule has 130 valence electrons. The lowest BCUT2D eigenvalue weighted by molar-refractivity contribution is 0.577. The topological polar surface area (TPSA) is 67.2 Å². The first-order valence-electron chi connectivity index (χ1n) is 7.73. The number of fused-ring (bicyclic) bond motifs is 1. The van der Waals surface area contributed by atoms with Gasteiger partial charge in [-0.05, 0) is 38.1 Å². The first-order chi connectivity index (χ1) is 11.5. The quantitative estimate of drug-likeness (QED) is 0.825. The Morgan fingerprint density at radius 1 is 1.29 bits per heavy atom. The van der Waals surface area contributed by atoms with Crippen molar-refractivity contribution in [1.82, 2.24) is 9.55 Å². The summed E-state index contributed by atoms with van der Waals surface area (Å²) in [5.74, 6) is 0.806. The molecule has 1 aromatic heterocycles. The summed E-state index contributed by atoms with van der Waals surface area (Å²) in [6.07, 6.45) is 0. The average Bonchev–Trinajstić information content (AvgIpc) is 3.09. The number of aromatic nitrogens is 2. The number of hydrogen-bond acceptors (Lipinski definition) is 5. The molecule has 0 radical (unpaired) electrons. The summed E-state index contributed by atoms with van der Waals surface area (Å²) in [6.45, 7) is 6.56. The number of hydrogen-bond donors (Lipinski definition) is 1. The number of halogens is 1. The lowest BCUT2D eigenvalue weighted by Gasteiger charge is -2.21. The largest absolute Gasteiger partial charge is 0.372 e. The molecule has 0 unspecified atom stereocenters. The fraction of sp³-hybridized carbons (Fsp3) is 0.400. The van der Waals surface area contributed by atoms with E-state index in [9.17, 15) is 8.42 Å². The SMILES string of the molecule is CCN(CC)c1ccc(NS(=O)(=O)c2c(Cl)nc3n2CCS3)cc1. The van der Waals surface area contributed by atoms with Gasteiger partial charge in [-0.1, -0.05) is 23.4 Å². The van der Waals surface area contributed by atoms with Gasteiger partial charge >= 0.3 is 0 Å². The number of rotatable bonds is 6. The van der Waals surface area contributed by atoms with E-state index in [0.717, 1.165) is 24.5 Å². The number of thioether (sulfide) groups is 1. The van der Waals surface area contributed by atoms with E-state index in [1.165, 1.54) is 11.8 Å². The molecule has 1 aromatic carbocycles. The van der Waals surface area contributed by atoms with E-state index in [-0.39, 0.29) is 10.2 Å². The highest BCUT2D eigenvalue weighted by Gasteiger charge is 2.30. The van der Waals surface area contributed by atoms with E-state index in [2.05, 4.69) is 28.5 Å². The summed E-state index contributed by atoms with van der Waals surface area (Å²) in [6, 6.07) is 7.33. The lowest BCUT2D eigenvalue weighted by Crippen LogP contribution is -2.21. The van der Waals surface area contributed by atoms with E-state index in [1.807, 2.05) is 12.1 Å². The van der Waals surface area contributed by atoms with Crippen molar-refractivity contribution in [1.29, 1.82) is 0 Å². The molecule has 0 fully saturated rings. The van der Waals surface area contributed by atoms with Crippen molar-refractivity contribution in [3.63, 3.8) is 0 Å². The van der Waals surface area contributed by atoms with Gasteiger partial charge in [0.15, 0.2) is 15.3 Å². The van der Waals surface area contributed by atoms with Gasteiger partial charge in [0.2, 0.25) is 0 Å². The van der Waals surface area contributed by atoms with Crippen molar-refractivity contribution in [3.05, 3.63) is 29.4 Å². The summed E-state index contributed by atoms with van der Waals surface area (Å²) in [5, 5.41) is 0.707. The van der Waals surface area contributed by atoms with E-state index in [4.69, 9.17) is 11.6 Å². The van der Waals surface area contributed by atoms with Gasteiger partial charge < -0.3 is 9.47 Å². The Kier molecular flexibility index (Phi) is 4.98. The van der Waals surface area contributed by atoms with Crippen molar-refractivity contribution >= 4 is 44.8 Å². The third kappa shape index (κ3) is 3.22. The zero-order chi connectivity index (χ0) is 17.3. The number of imidazole rings is 1. The van der Waals surface area contributed by atoms with E-state index < -0.39 is 10.0 Å². The molecule has 0 saturated heterocycles. The van der Waals surface area contributed by atoms with Crippen molar-refractivity contribution < 1.29 is 8.42 Å². The van der Waals surface area contributed by atoms with Crippen molar-refractivity contribution in [2.24, 2.45) is 0 Å². The number of benzene rings is 1. The molecule has 0 amide bonds. The van der Waals surface area contributed by atoms with Crippen LogP contribution in [0.1, 0.15) is 13.8 Å². The Morgan fingerprint density at radius 2 is 1.96 bits per heavy atom. The molecule has 0 atom stereocenters. The van der Waals surface area contributed by atoms with Crippen molar-refractivity contribution in [2.45, 2.75) is 30.6 Å². The van der Waals surface area contributed by atoms with Crippen molar-refractivity contribution in [3.8, 4) is 0 Å². The number of anilines is 2. The Balaban J connectivity index is 1.85. The Bertz CT molecular complexity index is 830. The van der Waals surface area contributed by atoms with Crippen LogP contribution in [0.2, 0.25) is 5.15 Å². The smallest absolute Gasteiger partial charge is 0.280 e. The molecule has 24 heavy (non-hydrogen) atoms.